The van der Waals surface area contributed by atoms with Crippen molar-refractivity contribution in [1.82, 2.24) is 30.0 Å². The number of hydrogen-bond donors (Lipinski definition) is 2. The van der Waals surface area contributed by atoms with Gasteiger partial charge in [0.05, 0.1) is 11.9 Å². The number of rotatable bonds is 3. The second-order valence-electron chi connectivity index (χ2n) is 4.14. The van der Waals surface area contributed by atoms with Gasteiger partial charge < -0.3 is 5.32 Å². The van der Waals surface area contributed by atoms with E-state index in [2.05, 4.69) is 30.8 Å². The molecule has 4 aromatic rings. The fraction of sp³-hybridized carbons (Fsp3) is 0. The van der Waals surface area contributed by atoms with Gasteiger partial charge in [-0.2, -0.15) is 21.0 Å². The van der Waals surface area contributed by atoms with Gasteiger partial charge >= 0.3 is 0 Å². The zero-order valence-corrected chi connectivity index (χ0v) is 11.0. The predicted molar refractivity (Wildman–Crippen MR) is 76.0 cm³/mol. The molecule has 0 atom stereocenters. The third-order valence-electron chi connectivity index (χ3n) is 2.81. The van der Waals surface area contributed by atoms with Gasteiger partial charge in [0.2, 0.25) is 0 Å². The first-order chi connectivity index (χ1) is 9.90. The van der Waals surface area contributed by atoms with Gasteiger partial charge in [0.15, 0.2) is 17.3 Å². The summed E-state index contributed by atoms with van der Waals surface area (Å²) in [6.45, 7) is 0. The van der Waals surface area contributed by atoms with Gasteiger partial charge in [-0.05, 0) is 23.6 Å². The van der Waals surface area contributed by atoms with E-state index in [9.17, 15) is 0 Å². The smallest absolute Gasteiger partial charge is 0.186 e. The second-order valence-corrected chi connectivity index (χ2v) is 4.92. The van der Waals surface area contributed by atoms with E-state index >= 15 is 0 Å². The normalized spacial score (nSPS) is 11.0. The van der Waals surface area contributed by atoms with Crippen LogP contribution in [0.3, 0.4) is 0 Å². The summed E-state index contributed by atoms with van der Waals surface area (Å²) in [6.07, 6.45) is 3.45. The number of thiophene rings is 1. The Morgan fingerprint density at radius 3 is 3.00 bits per heavy atom. The van der Waals surface area contributed by atoms with Crippen molar-refractivity contribution < 1.29 is 0 Å². The van der Waals surface area contributed by atoms with Gasteiger partial charge in [-0.1, -0.05) is 0 Å². The lowest BCUT2D eigenvalue weighted by atomic mass is 10.3. The first-order valence-electron chi connectivity index (χ1n) is 5.91. The van der Waals surface area contributed by atoms with Crippen LogP contribution in [0.15, 0.2) is 41.4 Å². The number of fused-ring (bicyclic) bond motifs is 1. The first kappa shape index (κ1) is 11.1. The van der Waals surface area contributed by atoms with Crippen molar-refractivity contribution >= 4 is 28.5 Å². The molecule has 4 aromatic heterocycles. The molecule has 0 amide bonds. The SMILES string of the molecule is c1cc(-c2nnc3ccc(Nc4cn[nH]c4)nn23)cs1. The lowest BCUT2D eigenvalue weighted by Gasteiger charge is -2.03. The molecular formula is C12H9N7S. The minimum atomic E-state index is 0.704. The van der Waals surface area contributed by atoms with Crippen LogP contribution in [0.4, 0.5) is 11.5 Å². The fourth-order valence-corrected chi connectivity index (χ4v) is 2.53. The summed E-state index contributed by atoms with van der Waals surface area (Å²) in [6, 6.07) is 5.73. The van der Waals surface area contributed by atoms with Crippen molar-refractivity contribution in [3.05, 3.63) is 41.4 Å². The van der Waals surface area contributed by atoms with Crippen LogP contribution in [0.25, 0.3) is 17.0 Å². The molecule has 0 aliphatic rings. The predicted octanol–water partition coefficient (Wildman–Crippen LogP) is 2.32. The highest BCUT2D eigenvalue weighted by Crippen LogP contribution is 2.21. The van der Waals surface area contributed by atoms with E-state index in [1.807, 2.05) is 29.0 Å². The molecule has 0 saturated heterocycles. The molecule has 0 saturated carbocycles. The van der Waals surface area contributed by atoms with Gasteiger partial charge in [-0.3, -0.25) is 5.10 Å². The molecular weight excluding hydrogens is 274 g/mol. The monoisotopic (exact) mass is 283 g/mol. The Labute approximate surface area is 117 Å². The second kappa shape index (κ2) is 4.42. The maximum atomic E-state index is 4.51. The van der Waals surface area contributed by atoms with Crippen LogP contribution in [0, 0.1) is 0 Å². The van der Waals surface area contributed by atoms with Crippen molar-refractivity contribution in [1.29, 1.82) is 0 Å². The van der Waals surface area contributed by atoms with E-state index in [1.54, 1.807) is 28.2 Å². The van der Waals surface area contributed by atoms with Crippen molar-refractivity contribution in [3.63, 3.8) is 0 Å². The topological polar surface area (TPSA) is 83.8 Å². The van der Waals surface area contributed by atoms with E-state index in [0.29, 0.717) is 11.5 Å². The highest BCUT2D eigenvalue weighted by atomic mass is 32.1. The lowest BCUT2D eigenvalue weighted by molar-refractivity contribution is 0.942. The Kier molecular flexibility index (Phi) is 2.46. The van der Waals surface area contributed by atoms with Crippen LogP contribution in [0.1, 0.15) is 0 Å². The average molecular weight is 283 g/mol. The Balaban J connectivity index is 1.79. The Hall–Kier alpha value is -2.74. The summed E-state index contributed by atoms with van der Waals surface area (Å²) < 4.78 is 1.73. The fourth-order valence-electron chi connectivity index (χ4n) is 1.89. The highest BCUT2D eigenvalue weighted by Gasteiger charge is 2.10. The molecule has 8 heteroatoms. The number of aromatic nitrogens is 6. The van der Waals surface area contributed by atoms with Crippen LogP contribution in [-0.4, -0.2) is 30.0 Å². The number of nitrogens with one attached hydrogen (secondary N) is 2. The Morgan fingerprint density at radius 1 is 1.20 bits per heavy atom. The number of aromatic amines is 1. The summed E-state index contributed by atoms with van der Waals surface area (Å²) in [5.74, 6) is 1.44. The highest BCUT2D eigenvalue weighted by molar-refractivity contribution is 7.08. The maximum absolute atomic E-state index is 4.51. The van der Waals surface area contributed by atoms with Gasteiger partial charge in [0, 0.05) is 17.1 Å². The molecule has 4 heterocycles. The van der Waals surface area contributed by atoms with Gasteiger partial charge in [0.1, 0.15) is 0 Å². The van der Waals surface area contributed by atoms with Crippen LogP contribution in [0.2, 0.25) is 0 Å². The number of hydrogen-bond acceptors (Lipinski definition) is 6. The molecule has 0 unspecified atom stereocenters. The van der Waals surface area contributed by atoms with Gasteiger partial charge in [-0.15, -0.1) is 15.3 Å². The van der Waals surface area contributed by atoms with Crippen molar-refractivity contribution in [3.8, 4) is 11.4 Å². The Morgan fingerprint density at radius 2 is 2.20 bits per heavy atom. The summed E-state index contributed by atoms with van der Waals surface area (Å²) in [5.41, 5.74) is 2.57. The van der Waals surface area contributed by atoms with Crippen molar-refractivity contribution in [2.75, 3.05) is 5.32 Å². The molecule has 7 nitrogen and oxygen atoms in total. The molecule has 4 rings (SSSR count). The molecule has 2 N–H and O–H groups in total. The largest absolute Gasteiger partial charge is 0.336 e. The molecule has 20 heavy (non-hydrogen) atoms. The molecule has 0 fully saturated rings. The summed E-state index contributed by atoms with van der Waals surface area (Å²) >= 11 is 1.62. The van der Waals surface area contributed by atoms with Gasteiger partial charge in [-0.25, -0.2) is 0 Å². The van der Waals surface area contributed by atoms with Crippen LogP contribution < -0.4 is 5.32 Å². The Bertz CT molecular complexity index is 832. The molecule has 0 spiro atoms. The third-order valence-corrected chi connectivity index (χ3v) is 3.50. The van der Waals surface area contributed by atoms with Gasteiger partial charge in [0.25, 0.3) is 0 Å². The minimum Gasteiger partial charge on any atom is -0.336 e. The number of anilines is 2. The quantitative estimate of drug-likeness (QED) is 0.603. The standard InChI is InChI=1S/C12H9N7S/c1-2-11-16-17-12(8-3-4-20-7-8)19(11)18-10(1)15-9-5-13-14-6-9/h1-7H,(H,13,14)(H,15,18). The zero-order valence-electron chi connectivity index (χ0n) is 10.2. The molecule has 0 aliphatic carbocycles. The molecule has 0 radical (unpaired) electrons. The van der Waals surface area contributed by atoms with E-state index in [-0.39, 0.29) is 0 Å². The maximum Gasteiger partial charge on any atom is 0.186 e. The van der Waals surface area contributed by atoms with E-state index in [0.717, 1.165) is 17.1 Å². The van der Waals surface area contributed by atoms with Crippen LogP contribution in [0.5, 0.6) is 0 Å². The number of nitrogens with zero attached hydrogens (tertiary/aromatic N) is 5. The lowest BCUT2D eigenvalue weighted by Crippen LogP contribution is -1.99. The van der Waals surface area contributed by atoms with Crippen LogP contribution >= 0.6 is 11.3 Å². The van der Waals surface area contributed by atoms with E-state index in [4.69, 9.17) is 0 Å². The minimum absolute atomic E-state index is 0.704. The number of H-pyrrole nitrogens is 1. The van der Waals surface area contributed by atoms with Crippen molar-refractivity contribution in [2.24, 2.45) is 0 Å². The van der Waals surface area contributed by atoms with Crippen molar-refractivity contribution in [2.45, 2.75) is 0 Å². The molecule has 0 bridgehead atoms. The zero-order chi connectivity index (χ0) is 13.4. The molecule has 0 aromatic carbocycles. The molecule has 98 valence electrons. The summed E-state index contributed by atoms with van der Waals surface area (Å²) in [5, 5.41) is 26.6. The van der Waals surface area contributed by atoms with E-state index < -0.39 is 0 Å². The third kappa shape index (κ3) is 1.82. The summed E-state index contributed by atoms with van der Waals surface area (Å²) in [7, 11) is 0. The first-order valence-corrected chi connectivity index (χ1v) is 6.85. The average Bonchev–Trinajstić information content (AvgIpc) is 3.19. The summed E-state index contributed by atoms with van der Waals surface area (Å²) in [4.78, 5) is 0. The van der Waals surface area contributed by atoms with Crippen LogP contribution in [-0.2, 0) is 0 Å². The molecule has 0 aliphatic heterocycles. The van der Waals surface area contributed by atoms with E-state index in [1.165, 1.54) is 0 Å².